The number of nitriles is 1. The Hall–Kier alpha value is -3.44. The molecule has 0 radical (unpaired) electrons. The number of piperazine rings is 1. The zero-order valence-electron chi connectivity index (χ0n) is 17.8. The number of fused-ring (bicyclic) bond motifs is 1. The summed E-state index contributed by atoms with van der Waals surface area (Å²) in [5, 5.41) is 12.2. The molecule has 0 atom stereocenters. The topological polar surface area (TPSA) is 89.6 Å². The minimum Gasteiger partial charge on any atom is -0.369 e. The van der Waals surface area contributed by atoms with E-state index in [-0.39, 0.29) is 5.91 Å². The predicted octanol–water partition coefficient (Wildman–Crippen LogP) is 2.56. The quantitative estimate of drug-likeness (QED) is 0.636. The highest BCUT2D eigenvalue weighted by molar-refractivity contribution is 5.79. The molecule has 0 spiro atoms. The lowest BCUT2D eigenvalue weighted by atomic mass is 10.1. The Kier molecular flexibility index (Phi) is 6.43. The number of carbonyl (C=O) groups is 1. The van der Waals surface area contributed by atoms with Crippen molar-refractivity contribution in [2.24, 2.45) is 0 Å². The van der Waals surface area contributed by atoms with Crippen LogP contribution < -0.4 is 5.32 Å². The van der Waals surface area contributed by atoms with E-state index >= 15 is 0 Å². The van der Waals surface area contributed by atoms with Gasteiger partial charge in [0.25, 0.3) is 0 Å². The molecule has 160 valence electrons. The fourth-order valence-corrected chi connectivity index (χ4v) is 3.94. The molecule has 1 amide bonds. The van der Waals surface area contributed by atoms with E-state index in [1.807, 2.05) is 27.6 Å². The maximum Gasteiger partial charge on any atom is 0.224 e. The Labute approximate surface area is 182 Å². The summed E-state index contributed by atoms with van der Waals surface area (Å²) in [5.74, 6) is 1.03. The summed E-state index contributed by atoms with van der Waals surface area (Å²) in [7, 11) is 0. The summed E-state index contributed by atoms with van der Waals surface area (Å²) in [5.41, 5.74) is 3.82. The van der Waals surface area contributed by atoms with E-state index in [0.29, 0.717) is 19.4 Å². The molecule has 1 aliphatic heterocycles. The highest BCUT2D eigenvalue weighted by atomic mass is 16.2. The molecule has 0 saturated carbocycles. The van der Waals surface area contributed by atoms with Crippen LogP contribution in [0.4, 0.5) is 5.82 Å². The summed E-state index contributed by atoms with van der Waals surface area (Å²) < 4.78 is 1.98. The Bertz CT molecular complexity index is 1090. The van der Waals surface area contributed by atoms with Crippen molar-refractivity contribution in [2.75, 3.05) is 44.6 Å². The van der Waals surface area contributed by atoms with Gasteiger partial charge in [0.05, 0.1) is 12.3 Å². The van der Waals surface area contributed by atoms with Crippen molar-refractivity contribution in [3.8, 4) is 17.3 Å². The van der Waals surface area contributed by atoms with Crippen LogP contribution in [-0.2, 0) is 4.79 Å². The number of aromatic nitrogens is 3. The van der Waals surface area contributed by atoms with Gasteiger partial charge < -0.3 is 10.2 Å². The van der Waals surface area contributed by atoms with Crippen molar-refractivity contribution in [2.45, 2.75) is 19.8 Å². The van der Waals surface area contributed by atoms with Crippen molar-refractivity contribution < 1.29 is 4.79 Å². The van der Waals surface area contributed by atoms with Gasteiger partial charge in [0.15, 0.2) is 5.65 Å². The number of hydrogen-bond donors (Lipinski definition) is 1. The molecule has 0 bridgehead atoms. The fourth-order valence-electron chi connectivity index (χ4n) is 3.94. The van der Waals surface area contributed by atoms with E-state index in [1.54, 1.807) is 12.4 Å². The molecule has 1 fully saturated rings. The van der Waals surface area contributed by atoms with E-state index in [2.05, 4.69) is 40.3 Å². The van der Waals surface area contributed by atoms with Gasteiger partial charge in [-0.15, -0.1) is 0 Å². The van der Waals surface area contributed by atoms with E-state index in [0.717, 1.165) is 55.4 Å². The molecule has 8 nitrogen and oxygen atoms in total. The molecular formula is C23H27N7O. The lowest BCUT2D eigenvalue weighted by molar-refractivity contribution is -0.132. The number of aryl methyl sites for hydroxylation is 1. The standard InChI is InChI=1S/C23H27N7O/c1-18-4-2-5-19(16-18)22-23(30-11-9-25-17-20(30)27-22)26-8-6-21(31)29-14-12-28(13-15-29)10-3-7-24/h2,4-5,9,11,16-17,26H,3,6,8,10,12-15H2,1H3. The van der Waals surface area contributed by atoms with Gasteiger partial charge in [0.2, 0.25) is 5.91 Å². The maximum atomic E-state index is 12.7. The number of hydrogen-bond acceptors (Lipinski definition) is 6. The van der Waals surface area contributed by atoms with Crippen LogP contribution in [-0.4, -0.2) is 69.3 Å². The van der Waals surface area contributed by atoms with Gasteiger partial charge in [-0.2, -0.15) is 5.26 Å². The highest BCUT2D eigenvalue weighted by Gasteiger charge is 2.21. The summed E-state index contributed by atoms with van der Waals surface area (Å²) in [6, 6.07) is 10.4. The van der Waals surface area contributed by atoms with Gasteiger partial charge in [0, 0.05) is 70.1 Å². The first-order valence-electron chi connectivity index (χ1n) is 10.7. The molecule has 1 N–H and O–H groups in total. The largest absolute Gasteiger partial charge is 0.369 e. The Morgan fingerprint density at radius 2 is 2.10 bits per heavy atom. The average Bonchev–Trinajstić information content (AvgIpc) is 3.17. The molecule has 2 aromatic heterocycles. The van der Waals surface area contributed by atoms with Crippen molar-refractivity contribution in [1.82, 2.24) is 24.2 Å². The van der Waals surface area contributed by atoms with Crippen LogP contribution in [0.25, 0.3) is 16.9 Å². The number of anilines is 1. The summed E-state index contributed by atoms with van der Waals surface area (Å²) >= 11 is 0. The molecule has 3 aromatic rings. The average molecular weight is 418 g/mol. The number of imidazole rings is 1. The maximum absolute atomic E-state index is 12.7. The van der Waals surface area contributed by atoms with Gasteiger partial charge >= 0.3 is 0 Å². The highest BCUT2D eigenvalue weighted by Crippen LogP contribution is 2.29. The molecule has 1 aromatic carbocycles. The van der Waals surface area contributed by atoms with Crippen LogP contribution in [0.15, 0.2) is 42.9 Å². The van der Waals surface area contributed by atoms with Gasteiger partial charge in [0.1, 0.15) is 11.5 Å². The normalized spacial score (nSPS) is 14.5. The third-order valence-corrected chi connectivity index (χ3v) is 5.62. The number of amides is 1. The SMILES string of the molecule is Cc1cccc(-c2nc3cnccn3c2NCCC(=O)N2CCN(CCC#N)CC2)c1. The second kappa shape index (κ2) is 9.58. The van der Waals surface area contributed by atoms with Crippen molar-refractivity contribution in [1.29, 1.82) is 5.26 Å². The van der Waals surface area contributed by atoms with Gasteiger partial charge in [-0.3, -0.25) is 19.1 Å². The Morgan fingerprint density at radius 3 is 2.87 bits per heavy atom. The molecule has 31 heavy (non-hydrogen) atoms. The lowest BCUT2D eigenvalue weighted by Crippen LogP contribution is -2.49. The number of nitrogens with zero attached hydrogens (tertiary/aromatic N) is 6. The first-order chi connectivity index (χ1) is 15.2. The van der Waals surface area contributed by atoms with Gasteiger partial charge in [-0.25, -0.2) is 4.98 Å². The van der Waals surface area contributed by atoms with Crippen LogP contribution in [0, 0.1) is 18.3 Å². The smallest absolute Gasteiger partial charge is 0.224 e. The first-order valence-corrected chi connectivity index (χ1v) is 10.7. The summed E-state index contributed by atoms with van der Waals surface area (Å²) in [4.78, 5) is 25.8. The lowest BCUT2D eigenvalue weighted by Gasteiger charge is -2.34. The minimum atomic E-state index is 0.153. The third-order valence-electron chi connectivity index (χ3n) is 5.62. The second-order valence-corrected chi connectivity index (χ2v) is 7.79. The third kappa shape index (κ3) is 4.84. The van der Waals surface area contributed by atoms with Gasteiger partial charge in [-0.05, 0) is 13.0 Å². The summed E-state index contributed by atoms with van der Waals surface area (Å²) in [6.07, 6.45) is 6.31. The molecule has 1 saturated heterocycles. The van der Waals surface area contributed by atoms with E-state index in [1.165, 1.54) is 5.56 Å². The molecule has 3 heterocycles. The van der Waals surface area contributed by atoms with Crippen LogP contribution in [0.5, 0.6) is 0 Å². The predicted molar refractivity (Wildman–Crippen MR) is 120 cm³/mol. The zero-order chi connectivity index (χ0) is 21.6. The number of carbonyl (C=O) groups excluding carboxylic acids is 1. The zero-order valence-corrected chi connectivity index (χ0v) is 17.8. The van der Waals surface area contributed by atoms with Crippen molar-refractivity contribution in [3.63, 3.8) is 0 Å². The van der Waals surface area contributed by atoms with Crippen LogP contribution >= 0.6 is 0 Å². The Balaban J connectivity index is 1.41. The Morgan fingerprint density at radius 1 is 1.26 bits per heavy atom. The molecule has 8 heteroatoms. The fraction of sp³-hybridized carbons (Fsp3) is 0.391. The van der Waals surface area contributed by atoms with Crippen LogP contribution in [0.2, 0.25) is 0 Å². The monoisotopic (exact) mass is 417 g/mol. The minimum absolute atomic E-state index is 0.153. The van der Waals surface area contributed by atoms with Crippen LogP contribution in [0.1, 0.15) is 18.4 Å². The van der Waals surface area contributed by atoms with E-state index < -0.39 is 0 Å². The van der Waals surface area contributed by atoms with Crippen molar-refractivity contribution in [3.05, 3.63) is 48.4 Å². The van der Waals surface area contributed by atoms with Gasteiger partial charge in [-0.1, -0.05) is 23.8 Å². The van der Waals surface area contributed by atoms with Crippen LogP contribution in [0.3, 0.4) is 0 Å². The van der Waals surface area contributed by atoms with Crippen molar-refractivity contribution >= 4 is 17.4 Å². The molecule has 0 aliphatic carbocycles. The molecular weight excluding hydrogens is 390 g/mol. The molecule has 0 unspecified atom stereocenters. The first kappa shape index (κ1) is 20.8. The van der Waals surface area contributed by atoms with E-state index in [9.17, 15) is 4.79 Å². The number of benzene rings is 1. The number of rotatable bonds is 7. The molecule has 4 rings (SSSR count). The second-order valence-electron chi connectivity index (χ2n) is 7.79. The molecule has 1 aliphatic rings. The number of nitrogens with one attached hydrogen (secondary N) is 1. The summed E-state index contributed by atoms with van der Waals surface area (Å²) in [6.45, 7) is 6.48. The van der Waals surface area contributed by atoms with E-state index in [4.69, 9.17) is 10.2 Å².